The van der Waals surface area contributed by atoms with Gasteiger partial charge in [0.25, 0.3) is 5.91 Å². The van der Waals surface area contributed by atoms with Crippen LogP contribution in [-0.4, -0.2) is 30.9 Å². The minimum atomic E-state index is -0.245. The molecule has 3 aromatic heterocycles. The van der Waals surface area contributed by atoms with Crippen LogP contribution in [0.5, 0.6) is 0 Å². The second kappa shape index (κ2) is 8.20. The summed E-state index contributed by atoms with van der Waals surface area (Å²) in [7, 11) is 0. The third-order valence-corrected chi connectivity index (χ3v) is 5.48. The molecule has 0 saturated carbocycles. The van der Waals surface area contributed by atoms with Gasteiger partial charge in [-0.3, -0.25) is 9.78 Å². The lowest BCUT2D eigenvalue weighted by Gasteiger charge is -2.14. The van der Waals surface area contributed by atoms with E-state index in [1.54, 1.807) is 18.3 Å². The molecule has 0 unspecified atom stereocenters. The number of aromatic nitrogens is 5. The molecule has 1 N–H and O–H groups in total. The van der Waals surface area contributed by atoms with Gasteiger partial charge in [0.1, 0.15) is 0 Å². The number of rotatable bonds is 4. The number of amides is 1. The fraction of sp³-hybridized carbons (Fsp3) is 0.0417. The lowest BCUT2D eigenvalue weighted by molar-refractivity contribution is 0.102. The zero-order valence-electron chi connectivity index (χ0n) is 17.0. The van der Waals surface area contributed by atoms with Crippen LogP contribution in [0.25, 0.3) is 27.8 Å². The van der Waals surface area contributed by atoms with Gasteiger partial charge in [-0.2, -0.15) is 10.2 Å². The SMILES string of the molecule is Cc1c(C(=O)Nc2cnc(-n3nccn3)c(Cl)c2)cccc1-c1cccc2ncccc12. The Hall–Kier alpha value is -4.10. The molecule has 156 valence electrons. The quantitative estimate of drug-likeness (QED) is 0.420. The van der Waals surface area contributed by atoms with Crippen LogP contribution in [0.15, 0.2) is 79.4 Å². The highest BCUT2D eigenvalue weighted by molar-refractivity contribution is 6.32. The Balaban J connectivity index is 1.47. The van der Waals surface area contributed by atoms with Gasteiger partial charge >= 0.3 is 0 Å². The van der Waals surface area contributed by atoms with Gasteiger partial charge in [-0.15, -0.1) is 4.80 Å². The van der Waals surface area contributed by atoms with E-state index in [9.17, 15) is 4.79 Å². The number of nitrogens with zero attached hydrogens (tertiary/aromatic N) is 5. The smallest absolute Gasteiger partial charge is 0.255 e. The van der Waals surface area contributed by atoms with Crippen molar-refractivity contribution in [1.29, 1.82) is 0 Å². The maximum Gasteiger partial charge on any atom is 0.255 e. The molecule has 5 rings (SSSR count). The van der Waals surface area contributed by atoms with Gasteiger partial charge in [0, 0.05) is 17.1 Å². The molecule has 32 heavy (non-hydrogen) atoms. The molecule has 0 saturated heterocycles. The van der Waals surface area contributed by atoms with Crippen molar-refractivity contribution in [1.82, 2.24) is 25.0 Å². The number of halogens is 1. The summed E-state index contributed by atoms with van der Waals surface area (Å²) in [5.41, 5.74) is 4.84. The van der Waals surface area contributed by atoms with E-state index in [1.165, 1.54) is 23.4 Å². The number of fused-ring (bicyclic) bond motifs is 1. The van der Waals surface area contributed by atoms with Gasteiger partial charge in [0.05, 0.1) is 34.8 Å². The molecule has 0 aliphatic carbocycles. The van der Waals surface area contributed by atoms with E-state index >= 15 is 0 Å². The number of anilines is 1. The molecule has 0 atom stereocenters. The van der Waals surface area contributed by atoms with Crippen LogP contribution in [0.3, 0.4) is 0 Å². The molecule has 0 bridgehead atoms. The Kier molecular flexibility index (Phi) is 5.09. The molecule has 8 heteroatoms. The topological polar surface area (TPSA) is 85.6 Å². The van der Waals surface area contributed by atoms with Gasteiger partial charge in [0.2, 0.25) is 0 Å². The Morgan fingerprint density at radius 2 is 1.72 bits per heavy atom. The van der Waals surface area contributed by atoms with Crippen molar-refractivity contribution in [3.8, 4) is 16.9 Å². The first-order valence-corrected chi connectivity index (χ1v) is 10.3. The first kappa shape index (κ1) is 19.8. The second-order valence-corrected chi connectivity index (χ2v) is 7.56. The number of nitrogens with one attached hydrogen (secondary N) is 1. The Morgan fingerprint density at radius 3 is 2.53 bits per heavy atom. The maximum absolute atomic E-state index is 13.1. The molecule has 3 heterocycles. The van der Waals surface area contributed by atoms with Crippen molar-refractivity contribution in [2.75, 3.05) is 5.32 Å². The summed E-state index contributed by atoms with van der Waals surface area (Å²) in [6.45, 7) is 1.94. The van der Waals surface area contributed by atoms with E-state index in [1.807, 2.05) is 49.4 Å². The molecule has 0 fully saturated rings. The second-order valence-electron chi connectivity index (χ2n) is 7.16. The predicted molar refractivity (Wildman–Crippen MR) is 124 cm³/mol. The van der Waals surface area contributed by atoms with Crippen LogP contribution in [0.2, 0.25) is 5.02 Å². The molecule has 7 nitrogen and oxygen atoms in total. The molecule has 1 amide bonds. The fourth-order valence-corrected chi connectivity index (χ4v) is 3.92. The zero-order valence-corrected chi connectivity index (χ0v) is 17.8. The van der Waals surface area contributed by atoms with Crippen LogP contribution in [0, 0.1) is 6.92 Å². The maximum atomic E-state index is 13.1. The van der Waals surface area contributed by atoms with E-state index < -0.39 is 0 Å². The molecule has 0 aliphatic rings. The average molecular weight is 441 g/mol. The summed E-state index contributed by atoms with van der Waals surface area (Å²) in [5.74, 6) is 0.142. The molecular formula is C24H17ClN6O. The summed E-state index contributed by atoms with van der Waals surface area (Å²) < 4.78 is 0. The number of carbonyl (C=O) groups is 1. The number of hydrogen-bond acceptors (Lipinski definition) is 5. The van der Waals surface area contributed by atoms with Crippen LogP contribution in [0.4, 0.5) is 5.69 Å². The van der Waals surface area contributed by atoms with Crippen molar-refractivity contribution in [3.05, 3.63) is 95.5 Å². The zero-order chi connectivity index (χ0) is 22.1. The minimum absolute atomic E-state index is 0.245. The highest BCUT2D eigenvalue weighted by Gasteiger charge is 2.16. The highest BCUT2D eigenvalue weighted by Crippen LogP contribution is 2.32. The van der Waals surface area contributed by atoms with Crippen molar-refractivity contribution in [3.63, 3.8) is 0 Å². The van der Waals surface area contributed by atoms with Crippen LogP contribution in [0.1, 0.15) is 15.9 Å². The van der Waals surface area contributed by atoms with Crippen molar-refractivity contribution >= 4 is 34.1 Å². The van der Waals surface area contributed by atoms with E-state index in [-0.39, 0.29) is 5.91 Å². The van der Waals surface area contributed by atoms with Gasteiger partial charge < -0.3 is 5.32 Å². The summed E-state index contributed by atoms with van der Waals surface area (Å²) in [4.78, 5) is 23.1. The third kappa shape index (κ3) is 3.59. The fourth-order valence-electron chi connectivity index (χ4n) is 3.68. The lowest BCUT2D eigenvalue weighted by Crippen LogP contribution is -2.14. The van der Waals surface area contributed by atoms with Gasteiger partial charge in [-0.25, -0.2) is 4.98 Å². The first-order chi connectivity index (χ1) is 15.6. The standard InChI is InChI=1S/C24H17ClN6O/c1-15-17(19-7-3-9-22-20(19)8-4-10-26-22)5-2-6-18(15)24(32)30-16-13-21(25)23(27-14-16)31-28-11-12-29-31/h2-14H,1H3,(H,30,32). The van der Waals surface area contributed by atoms with Crippen molar-refractivity contribution in [2.24, 2.45) is 0 Å². The summed E-state index contributed by atoms with van der Waals surface area (Å²) in [6.07, 6.45) is 6.37. The molecule has 0 radical (unpaired) electrons. The van der Waals surface area contributed by atoms with E-state index in [0.717, 1.165) is 27.6 Å². The third-order valence-electron chi connectivity index (χ3n) is 5.20. The highest BCUT2D eigenvalue weighted by atomic mass is 35.5. The van der Waals surface area contributed by atoms with Crippen molar-refractivity contribution in [2.45, 2.75) is 6.92 Å². The number of pyridine rings is 2. The van der Waals surface area contributed by atoms with E-state index in [4.69, 9.17) is 11.6 Å². The summed E-state index contributed by atoms with van der Waals surface area (Å²) in [6, 6.07) is 17.3. The predicted octanol–water partition coefficient (Wildman–Crippen LogP) is 5.09. The number of benzene rings is 2. The molecule has 0 spiro atoms. The van der Waals surface area contributed by atoms with Crippen LogP contribution in [-0.2, 0) is 0 Å². The summed E-state index contributed by atoms with van der Waals surface area (Å²) >= 11 is 6.32. The molecule has 0 aliphatic heterocycles. The normalized spacial score (nSPS) is 10.9. The average Bonchev–Trinajstić information content (AvgIpc) is 3.33. The number of hydrogen-bond donors (Lipinski definition) is 1. The molecule has 2 aromatic carbocycles. The molecule has 5 aromatic rings. The van der Waals surface area contributed by atoms with Crippen LogP contribution < -0.4 is 5.32 Å². The van der Waals surface area contributed by atoms with Gasteiger partial charge in [-0.05, 0) is 47.9 Å². The minimum Gasteiger partial charge on any atom is -0.321 e. The largest absolute Gasteiger partial charge is 0.321 e. The van der Waals surface area contributed by atoms with E-state index in [0.29, 0.717) is 22.1 Å². The number of carbonyl (C=O) groups excluding carboxylic acids is 1. The van der Waals surface area contributed by atoms with Gasteiger partial charge in [-0.1, -0.05) is 41.9 Å². The summed E-state index contributed by atoms with van der Waals surface area (Å²) in [5, 5.41) is 12.3. The van der Waals surface area contributed by atoms with Gasteiger partial charge in [0.15, 0.2) is 5.82 Å². The monoisotopic (exact) mass is 440 g/mol. The Labute approximate surface area is 188 Å². The Morgan fingerprint density at radius 1 is 0.938 bits per heavy atom. The first-order valence-electron chi connectivity index (χ1n) is 9.89. The molecular weight excluding hydrogens is 424 g/mol. The van der Waals surface area contributed by atoms with E-state index in [2.05, 4.69) is 25.5 Å². The van der Waals surface area contributed by atoms with Crippen molar-refractivity contribution < 1.29 is 4.79 Å². The Bertz CT molecular complexity index is 1440. The lowest BCUT2D eigenvalue weighted by atomic mass is 9.93. The van der Waals surface area contributed by atoms with Crippen LogP contribution >= 0.6 is 11.6 Å².